The van der Waals surface area contributed by atoms with Crippen molar-refractivity contribution in [3.8, 4) is 5.75 Å². The van der Waals surface area contributed by atoms with Gasteiger partial charge in [-0.05, 0) is 18.6 Å². The van der Waals surface area contributed by atoms with Crippen molar-refractivity contribution in [2.45, 2.75) is 12.8 Å². The van der Waals surface area contributed by atoms with Crippen LogP contribution in [0.2, 0.25) is 15.1 Å². The number of nitrogens with one attached hydrogen (secondary N) is 1. The lowest BCUT2D eigenvalue weighted by molar-refractivity contribution is 0.314. The Balaban J connectivity index is 2.57. The van der Waals surface area contributed by atoms with E-state index in [4.69, 9.17) is 50.7 Å². The first kappa shape index (κ1) is 13.4. The van der Waals surface area contributed by atoms with Crippen molar-refractivity contribution in [3.63, 3.8) is 0 Å². The van der Waals surface area contributed by atoms with Gasteiger partial charge in [0, 0.05) is 11.4 Å². The van der Waals surface area contributed by atoms with E-state index in [0.717, 1.165) is 0 Å². The summed E-state index contributed by atoms with van der Waals surface area (Å²) in [6.45, 7) is 0.403. The molecule has 0 heterocycles. The fourth-order valence-corrected chi connectivity index (χ4v) is 2.03. The molecule has 0 aliphatic carbocycles. The first-order chi connectivity index (χ1) is 7.50. The molecule has 0 aliphatic heterocycles. The highest BCUT2D eigenvalue weighted by atomic mass is 35.5. The van der Waals surface area contributed by atoms with Gasteiger partial charge in [0.05, 0.1) is 22.5 Å². The van der Waals surface area contributed by atoms with Crippen LogP contribution < -0.4 is 10.5 Å². The van der Waals surface area contributed by atoms with Crippen LogP contribution in [0.5, 0.6) is 5.75 Å². The quantitative estimate of drug-likeness (QED) is 0.491. The second-order valence-corrected chi connectivity index (χ2v) is 4.43. The van der Waals surface area contributed by atoms with E-state index in [0.29, 0.717) is 40.3 Å². The van der Waals surface area contributed by atoms with Crippen LogP contribution in [0.1, 0.15) is 12.8 Å². The summed E-state index contributed by atoms with van der Waals surface area (Å²) in [5.41, 5.74) is 5.21. The van der Waals surface area contributed by atoms with Crippen molar-refractivity contribution in [2.75, 3.05) is 6.61 Å². The lowest BCUT2D eigenvalue weighted by atomic mass is 10.3. The van der Waals surface area contributed by atoms with Gasteiger partial charge in [-0.15, -0.1) is 0 Å². The van der Waals surface area contributed by atoms with E-state index in [1.54, 1.807) is 12.1 Å². The van der Waals surface area contributed by atoms with Crippen molar-refractivity contribution < 1.29 is 4.74 Å². The number of hydrogen-bond acceptors (Lipinski definition) is 2. The Morgan fingerprint density at radius 2 is 1.81 bits per heavy atom. The Morgan fingerprint density at radius 1 is 1.25 bits per heavy atom. The summed E-state index contributed by atoms with van der Waals surface area (Å²) < 4.78 is 5.40. The zero-order valence-corrected chi connectivity index (χ0v) is 10.7. The van der Waals surface area contributed by atoms with Crippen LogP contribution in [0.3, 0.4) is 0 Å². The van der Waals surface area contributed by atoms with E-state index < -0.39 is 0 Å². The number of ether oxygens (including phenoxy) is 1. The number of amidine groups is 1. The van der Waals surface area contributed by atoms with Crippen LogP contribution in [0.4, 0.5) is 0 Å². The molecule has 16 heavy (non-hydrogen) atoms. The molecule has 0 aliphatic rings. The van der Waals surface area contributed by atoms with Gasteiger partial charge in [0.2, 0.25) is 0 Å². The molecule has 88 valence electrons. The second kappa shape index (κ2) is 6.18. The molecule has 0 fully saturated rings. The summed E-state index contributed by atoms with van der Waals surface area (Å²) in [5.74, 6) is 0.549. The molecule has 0 saturated carbocycles. The molecule has 0 saturated heterocycles. The van der Waals surface area contributed by atoms with Gasteiger partial charge in [0.15, 0.2) is 5.75 Å². The molecule has 6 heteroatoms. The summed E-state index contributed by atoms with van der Waals surface area (Å²) in [5, 5.41) is 8.26. The van der Waals surface area contributed by atoms with Crippen LogP contribution in [-0.2, 0) is 0 Å². The predicted molar refractivity (Wildman–Crippen MR) is 68.1 cm³/mol. The minimum Gasteiger partial charge on any atom is -0.490 e. The fourth-order valence-electron chi connectivity index (χ4n) is 1.10. The zero-order valence-electron chi connectivity index (χ0n) is 8.40. The summed E-state index contributed by atoms with van der Waals surface area (Å²) in [4.78, 5) is 0. The van der Waals surface area contributed by atoms with E-state index in [-0.39, 0.29) is 5.84 Å². The molecule has 3 nitrogen and oxygen atoms in total. The molecule has 0 amide bonds. The van der Waals surface area contributed by atoms with Crippen LogP contribution in [0.25, 0.3) is 0 Å². The molecule has 0 spiro atoms. The fraction of sp³-hybridized carbons (Fsp3) is 0.300. The number of hydrogen-bond donors (Lipinski definition) is 2. The maximum atomic E-state index is 7.04. The van der Waals surface area contributed by atoms with Crippen molar-refractivity contribution in [3.05, 3.63) is 27.2 Å². The third-order valence-corrected chi connectivity index (χ3v) is 2.58. The standard InChI is InChI=1S/C10H11Cl3N2O/c11-6-4-7(12)10(8(13)5-6)16-3-1-2-9(14)15/h4-5H,1-3H2,(H3,14,15). The summed E-state index contributed by atoms with van der Waals surface area (Å²) >= 11 is 17.6. The van der Waals surface area contributed by atoms with Crippen molar-refractivity contribution in [1.82, 2.24) is 0 Å². The smallest absolute Gasteiger partial charge is 0.156 e. The van der Waals surface area contributed by atoms with Crippen molar-refractivity contribution >= 4 is 40.6 Å². The molecular formula is C10H11Cl3N2O. The normalized spacial score (nSPS) is 10.2. The molecule has 1 aromatic rings. The number of rotatable bonds is 5. The molecule has 0 atom stereocenters. The van der Waals surface area contributed by atoms with Crippen molar-refractivity contribution in [1.29, 1.82) is 5.41 Å². The molecule has 1 aromatic carbocycles. The maximum absolute atomic E-state index is 7.04. The average molecular weight is 282 g/mol. The van der Waals surface area contributed by atoms with E-state index >= 15 is 0 Å². The van der Waals surface area contributed by atoms with E-state index in [1.807, 2.05) is 0 Å². The molecule has 1 rings (SSSR count). The van der Waals surface area contributed by atoms with Crippen LogP contribution in [0, 0.1) is 5.41 Å². The van der Waals surface area contributed by atoms with Crippen LogP contribution in [0.15, 0.2) is 12.1 Å². The highest BCUT2D eigenvalue weighted by molar-refractivity contribution is 6.40. The molecule has 0 aromatic heterocycles. The van der Waals surface area contributed by atoms with Gasteiger partial charge in [0.1, 0.15) is 0 Å². The third kappa shape index (κ3) is 4.08. The number of halogens is 3. The molecular weight excluding hydrogens is 270 g/mol. The molecule has 0 radical (unpaired) electrons. The molecule has 3 N–H and O–H groups in total. The summed E-state index contributed by atoms with van der Waals surface area (Å²) in [6.07, 6.45) is 1.13. The van der Waals surface area contributed by atoms with Crippen molar-refractivity contribution in [2.24, 2.45) is 5.73 Å². The molecule has 0 unspecified atom stereocenters. The lowest BCUT2D eigenvalue weighted by Gasteiger charge is -2.09. The second-order valence-electron chi connectivity index (χ2n) is 3.18. The monoisotopic (exact) mass is 280 g/mol. The first-order valence-corrected chi connectivity index (χ1v) is 5.74. The van der Waals surface area contributed by atoms with Gasteiger partial charge in [-0.2, -0.15) is 0 Å². The lowest BCUT2D eigenvalue weighted by Crippen LogP contribution is -2.11. The maximum Gasteiger partial charge on any atom is 0.156 e. The van der Waals surface area contributed by atoms with Crippen LogP contribution in [-0.4, -0.2) is 12.4 Å². The highest BCUT2D eigenvalue weighted by Gasteiger charge is 2.08. The zero-order chi connectivity index (χ0) is 12.1. The topological polar surface area (TPSA) is 59.1 Å². The Morgan fingerprint density at radius 3 is 2.31 bits per heavy atom. The van der Waals surface area contributed by atoms with Gasteiger partial charge in [-0.3, -0.25) is 5.41 Å². The third-order valence-electron chi connectivity index (χ3n) is 1.80. The van der Waals surface area contributed by atoms with E-state index in [1.165, 1.54) is 0 Å². The Kier molecular flexibility index (Phi) is 5.19. The SMILES string of the molecule is N=C(N)CCCOc1c(Cl)cc(Cl)cc1Cl. The Hall–Kier alpha value is -0.640. The highest BCUT2D eigenvalue weighted by Crippen LogP contribution is 2.35. The predicted octanol–water partition coefficient (Wildman–Crippen LogP) is 3.74. The van der Waals surface area contributed by atoms with Crippen LogP contribution >= 0.6 is 34.8 Å². The Bertz CT molecular complexity index is 373. The van der Waals surface area contributed by atoms with E-state index in [9.17, 15) is 0 Å². The van der Waals surface area contributed by atoms with Gasteiger partial charge in [-0.1, -0.05) is 34.8 Å². The van der Waals surface area contributed by atoms with E-state index in [2.05, 4.69) is 0 Å². The summed E-state index contributed by atoms with van der Waals surface area (Å²) in [7, 11) is 0. The number of benzene rings is 1. The van der Waals surface area contributed by atoms with Gasteiger partial charge < -0.3 is 10.5 Å². The molecule has 0 bridgehead atoms. The van der Waals surface area contributed by atoms with Gasteiger partial charge >= 0.3 is 0 Å². The number of nitrogens with two attached hydrogens (primary N) is 1. The van der Waals surface area contributed by atoms with Gasteiger partial charge in [0.25, 0.3) is 0 Å². The summed E-state index contributed by atoms with van der Waals surface area (Å²) in [6, 6.07) is 3.13. The Labute approximate surface area is 109 Å². The first-order valence-electron chi connectivity index (χ1n) is 4.61. The van der Waals surface area contributed by atoms with Gasteiger partial charge in [-0.25, -0.2) is 0 Å². The average Bonchev–Trinajstić information content (AvgIpc) is 2.14. The minimum atomic E-state index is 0.136. The largest absolute Gasteiger partial charge is 0.490 e. The minimum absolute atomic E-state index is 0.136.